The molecule has 126 valence electrons. The molecule has 3 aromatic rings. The molecule has 0 bridgehead atoms. The molecule has 2 heterocycles. The van der Waals surface area contributed by atoms with Gasteiger partial charge in [0.05, 0.1) is 18.5 Å². The number of hydrogen-bond donors (Lipinski definition) is 1. The number of rotatable bonds is 6. The molecule has 1 aromatic carbocycles. The first-order chi connectivity index (χ1) is 11.6. The second-order valence-corrected chi connectivity index (χ2v) is 5.84. The molecule has 0 atom stereocenters. The number of thioether (sulfide) groups is 1. The summed E-state index contributed by atoms with van der Waals surface area (Å²) in [5.74, 6) is 1.16. The van der Waals surface area contributed by atoms with Gasteiger partial charge in [-0.2, -0.15) is 9.36 Å². The molecule has 0 aliphatic carbocycles. The van der Waals surface area contributed by atoms with E-state index in [1.807, 2.05) is 13.0 Å². The normalized spacial score (nSPS) is 10.9. The number of benzene rings is 1. The lowest BCUT2D eigenvalue weighted by atomic mass is 10.2. The number of aryl methyl sites for hydroxylation is 1. The summed E-state index contributed by atoms with van der Waals surface area (Å²) in [6.07, 6.45) is 1.45. The number of aromatic nitrogens is 6. The third-order valence-corrected chi connectivity index (χ3v) is 4.22. The van der Waals surface area contributed by atoms with Crippen molar-refractivity contribution in [3.05, 3.63) is 46.5 Å². The van der Waals surface area contributed by atoms with Crippen molar-refractivity contribution in [2.24, 2.45) is 7.05 Å². The average Bonchev–Trinajstić information content (AvgIpc) is 3.13. The van der Waals surface area contributed by atoms with Crippen LogP contribution in [0.1, 0.15) is 12.5 Å². The average molecular weight is 348 g/mol. The van der Waals surface area contributed by atoms with Gasteiger partial charge in [-0.25, -0.2) is 4.79 Å². The molecule has 0 amide bonds. The van der Waals surface area contributed by atoms with Crippen LogP contribution in [-0.4, -0.2) is 41.5 Å². The van der Waals surface area contributed by atoms with E-state index in [1.165, 1.54) is 22.6 Å². The highest BCUT2D eigenvalue weighted by Crippen LogP contribution is 2.31. The maximum atomic E-state index is 12.2. The molecule has 24 heavy (non-hydrogen) atoms. The van der Waals surface area contributed by atoms with Crippen LogP contribution in [0.5, 0.6) is 5.75 Å². The number of ether oxygens (including phenoxy) is 1. The Morgan fingerprint density at radius 2 is 2.12 bits per heavy atom. The molecule has 2 aromatic heterocycles. The van der Waals surface area contributed by atoms with Crippen LogP contribution in [0.2, 0.25) is 0 Å². The van der Waals surface area contributed by atoms with Crippen LogP contribution in [0.15, 0.2) is 40.3 Å². The van der Waals surface area contributed by atoms with Crippen LogP contribution in [0.3, 0.4) is 0 Å². The van der Waals surface area contributed by atoms with E-state index < -0.39 is 0 Å². The second kappa shape index (κ2) is 6.79. The first kappa shape index (κ1) is 16.1. The van der Waals surface area contributed by atoms with Crippen molar-refractivity contribution >= 4 is 11.8 Å². The summed E-state index contributed by atoms with van der Waals surface area (Å²) in [7, 11) is 1.54. The van der Waals surface area contributed by atoms with Gasteiger partial charge in [0.25, 0.3) is 0 Å². The molecule has 0 unspecified atom stereocenters. The summed E-state index contributed by atoms with van der Waals surface area (Å²) in [4.78, 5) is 12.9. The zero-order valence-electron chi connectivity index (χ0n) is 13.2. The Morgan fingerprint density at radius 3 is 2.75 bits per heavy atom. The van der Waals surface area contributed by atoms with E-state index in [0.717, 1.165) is 15.1 Å². The molecule has 0 aliphatic heterocycles. The van der Waals surface area contributed by atoms with Crippen molar-refractivity contribution in [2.75, 3.05) is 6.61 Å². The van der Waals surface area contributed by atoms with Crippen molar-refractivity contribution in [1.29, 1.82) is 0 Å². The molecule has 0 radical (unpaired) electrons. The molecule has 0 saturated carbocycles. The second-order valence-electron chi connectivity index (χ2n) is 4.85. The monoisotopic (exact) mass is 348 g/mol. The van der Waals surface area contributed by atoms with Crippen LogP contribution >= 0.6 is 11.8 Å². The predicted octanol–water partition coefficient (Wildman–Crippen LogP) is 1.09. The fourth-order valence-electron chi connectivity index (χ4n) is 2.17. The van der Waals surface area contributed by atoms with Crippen molar-refractivity contribution in [1.82, 2.24) is 29.7 Å². The first-order valence-electron chi connectivity index (χ1n) is 7.22. The zero-order chi connectivity index (χ0) is 17.1. The molecule has 0 aliphatic rings. The molecule has 9 nitrogen and oxygen atoms in total. The molecule has 3 rings (SSSR count). The van der Waals surface area contributed by atoms with E-state index >= 15 is 0 Å². The van der Waals surface area contributed by atoms with Gasteiger partial charge < -0.3 is 9.94 Å². The van der Waals surface area contributed by atoms with E-state index in [2.05, 4.69) is 15.5 Å². The standard InChI is InChI=1S/C14H16N6O3S/c1-3-23-12-6-4-5-11(20-14(21)18(2)16-17-20)10(12)9-24-13-7-8-19(22)15-13/h4-8,22H,3,9H2,1-2H3. The third-order valence-electron chi connectivity index (χ3n) is 3.27. The Labute approximate surface area is 141 Å². The first-order valence-corrected chi connectivity index (χ1v) is 8.20. The van der Waals surface area contributed by atoms with Gasteiger partial charge in [-0.3, -0.25) is 0 Å². The van der Waals surface area contributed by atoms with E-state index in [0.29, 0.717) is 28.8 Å². The number of nitrogens with zero attached hydrogens (tertiary/aromatic N) is 6. The molecular formula is C14H16N6O3S. The maximum Gasteiger partial charge on any atom is 0.368 e. The van der Waals surface area contributed by atoms with Crippen LogP contribution in [0.4, 0.5) is 0 Å². The van der Waals surface area contributed by atoms with Gasteiger partial charge in [0.15, 0.2) is 0 Å². The van der Waals surface area contributed by atoms with Gasteiger partial charge in [-0.15, -0.1) is 9.94 Å². The molecule has 0 spiro atoms. The minimum Gasteiger partial charge on any atom is -0.493 e. The maximum absolute atomic E-state index is 12.2. The fourth-order valence-corrected chi connectivity index (χ4v) is 3.06. The van der Waals surface area contributed by atoms with Gasteiger partial charge in [0.2, 0.25) is 0 Å². The van der Waals surface area contributed by atoms with E-state index in [1.54, 1.807) is 25.2 Å². The van der Waals surface area contributed by atoms with Crippen LogP contribution in [0, 0.1) is 0 Å². The van der Waals surface area contributed by atoms with Gasteiger partial charge in [-0.1, -0.05) is 17.8 Å². The predicted molar refractivity (Wildman–Crippen MR) is 86.7 cm³/mol. The molecular weight excluding hydrogens is 332 g/mol. The Balaban J connectivity index is 2.00. The highest BCUT2D eigenvalue weighted by Gasteiger charge is 2.16. The summed E-state index contributed by atoms with van der Waals surface area (Å²) in [6, 6.07) is 7.13. The topological polar surface area (TPSA) is 100.0 Å². The smallest absolute Gasteiger partial charge is 0.368 e. The largest absolute Gasteiger partial charge is 0.493 e. The fraction of sp³-hybridized carbons (Fsp3) is 0.286. The van der Waals surface area contributed by atoms with E-state index in [4.69, 9.17) is 4.74 Å². The van der Waals surface area contributed by atoms with Gasteiger partial charge >= 0.3 is 5.69 Å². The summed E-state index contributed by atoms with van der Waals surface area (Å²) in [6.45, 7) is 2.40. The van der Waals surface area contributed by atoms with Gasteiger partial charge in [-0.05, 0) is 35.5 Å². The van der Waals surface area contributed by atoms with Crippen LogP contribution in [-0.2, 0) is 12.8 Å². The third kappa shape index (κ3) is 3.13. The summed E-state index contributed by atoms with van der Waals surface area (Å²) in [5, 5.41) is 21.5. The van der Waals surface area contributed by atoms with E-state index in [9.17, 15) is 10.0 Å². The molecule has 0 saturated heterocycles. The molecule has 0 fully saturated rings. The van der Waals surface area contributed by atoms with Crippen molar-refractivity contribution in [2.45, 2.75) is 17.7 Å². The summed E-state index contributed by atoms with van der Waals surface area (Å²) < 4.78 is 8.08. The Kier molecular flexibility index (Phi) is 4.56. The Hall–Kier alpha value is -2.75. The molecule has 10 heteroatoms. The van der Waals surface area contributed by atoms with Crippen LogP contribution in [0.25, 0.3) is 5.69 Å². The van der Waals surface area contributed by atoms with Crippen molar-refractivity contribution in [3.63, 3.8) is 0 Å². The SMILES string of the molecule is CCOc1cccc(-n2nnn(C)c2=O)c1CSc1ccn(O)n1. The number of tetrazole rings is 1. The lowest BCUT2D eigenvalue weighted by molar-refractivity contribution is 0.145. The minimum atomic E-state index is -0.338. The number of hydrogen-bond acceptors (Lipinski definition) is 7. The quantitative estimate of drug-likeness (QED) is 0.526. The van der Waals surface area contributed by atoms with Crippen LogP contribution < -0.4 is 10.4 Å². The van der Waals surface area contributed by atoms with Gasteiger partial charge in [0.1, 0.15) is 10.8 Å². The lowest BCUT2D eigenvalue weighted by Gasteiger charge is -2.13. The summed E-state index contributed by atoms with van der Waals surface area (Å²) in [5.41, 5.74) is 1.07. The van der Waals surface area contributed by atoms with Gasteiger partial charge in [0, 0.05) is 18.4 Å². The molecule has 1 N–H and O–H groups in total. The minimum absolute atomic E-state index is 0.338. The van der Waals surface area contributed by atoms with Crippen molar-refractivity contribution in [3.8, 4) is 11.4 Å². The van der Waals surface area contributed by atoms with E-state index in [-0.39, 0.29) is 5.69 Å². The highest BCUT2D eigenvalue weighted by atomic mass is 32.2. The Bertz CT molecular complexity index is 900. The lowest BCUT2D eigenvalue weighted by Crippen LogP contribution is -2.23. The summed E-state index contributed by atoms with van der Waals surface area (Å²) >= 11 is 1.41. The highest BCUT2D eigenvalue weighted by molar-refractivity contribution is 7.98. The zero-order valence-corrected chi connectivity index (χ0v) is 14.0. The van der Waals surface area contributed by atoms with Crippen molar-refractivity contribution < 1.29 is 9.94 Å². The Morgan fingerprint density at radius 1 is 1.29 bits per heavy atom.